The molecule has 0 fully saturated rings. The average molecular weight is 721 g/mol. The van der Waals surface area contributed by atoms with Gasteiger partial charge in [-0.05, 0) is 72.8 Å². The Kier molecular flexibility index (Phi) is 15.0. The molecular formula is C36H33ClN2O8S2. The molecule has 0 saturated heterocycles. The summed E-state index contributed by atoms with van der Waals surface area (Å²) >= 11 is 8.61. The molecule has 0 unspecified atom stereocenters. The van der Waals surface area contributed by atoms with Crippen LogP contribution < -0.4 is 20.1 Å². The lowest BCUT2D eigenvalue weighted by Gasteiger charge is -2.19. The third kappa shape index (κ3) is 12.6. The van der Waals surface area contributed by atoms with Crippen LogP contribution in [0.1, 0.15) is 27.1 Å². The first-order valence-corrected chi connectivity index (χ1v) is 17.5. The largest absolute Gasteiger partial charge is 0.484 e. The van der Waals surface area contributed by atoms with E-state index in [2.05, 4.69) is 10.6 Å². The molecule has 0 spiro atoms. The van der Waals surface area contributed by atoms with Crippen LogP contribution in [0.4, 0.5) is 11.4 Å². The summed E-state index contributed by atoms with van der Waals surface area (Å²) < 4.78 is 16.8. The molecule has 2 N–H and O–H groups in total. The molecule has 10 nitrogen and oxygen atoms in total. The Morgan fingerprint density at radius 1 is 0.653 bits per heavy atom. The quantitative estimate of drug-likeness (QED) is 0.0462. The summed E-state index contributed by atoms with van der Waals surface area (Å²) in [7, 11) is 0. The Labute approximate surface area is 297 Å². The van der Waals surface area contributed by atoms with Crippen LogP contribution in [-0.4, -0.2) is 67.1 Å². The second-order valence-electron chi connectivity index (χ2n) is 10.2. The average Bonchev–Trinajstić information content (AvgIpc) is 3.12. The molecule has 0 aliphatic rings. The summed E-state index contributed by atoms with van der Waals surface area (Å²) in [4.78, 5) is 61.1. The van der Waals surface area contributed by atoms with E-state index >= 15 is 0 Å². The number of carbonyl (C=O) groups is 5. The van der Waals surface area contributed by atoms with Crippen LogP contribution in [0, 0.1) is 0 Å². The molecule has 4 rings (SSSR count). The Bertz CT molecular complexity index is 1600. The SMILES string of the molecule is O=Cc1ccc(OCC(=O)Nc2ccccc2SCC(CSc2ccccc2NC(=O)COc2ccc(C=O)cc2)OC(=O)CCCl)cc1. The maximum Gasteiger partial charge on any atom is 0.307 e. The Morgan fingerprint density at radius 3 is 1.49 bits per heavy atom. The second kappa shape index (κ2) is 19.9. The number of thioether (sulfide) groups is 2. The van der Waals surface area contributed by atoms with Crippen LogP contribution in [-0.2, 0) is 19.1 Å². The van der Waals surface area contributed by atoms with E-state index in [1.54, 1.807) is 72.8 Å². The van der Waals surface area contributed by atoms with E-state index in [-0.39, 0.29) is 37.3 Å². The first-order valence-electron chi connectivity index (χ1n) is 15.0. The zero-order chi connectivity index (χ0) is 34.8. The summed E-state index contributed by atoms with van der Waals surface area (Å²) in [6.45, 7) is -0.462. The molecule has 0 aliphatic heterocycles. The lowest BCUT2D eigenvalue weighted by atomic mass is 10.2. The van der Waals surface area contributed by atoms with Gasteiger partial charge in [0.1, 0.15) is 30.2 Å². The van der Waals surface area contributed by atoms with E-state index in [9.17, 15) is 24.0 Å². The minimum absolute atomic E-state index is 0.0580. The van der Waals surface area contributed by atoms with Gasteiger partial charge >= 0.3 is 5.97 Å². The van der Waals surface area contributed by atoms with Gasteiger partial charge < -0.3 is 24.8 Å². The number of nitrogens with one attached hydrogen (secondary N) is 2. The number of hydrogen-bond donors (Lipinski definition) is 2. The standard InChI is InChI=1S/C36H33ClN2O8S2/c37-18-17-36(44)47-29(23-48-32-7-3-1-5-30(32)38-34(42)21-45-27-13-9-25(19-40)10-14-27)24-49-33-8-4-2-6-31(33)39-35(43)22-46-28-15-11-26(20-41)12-16-28/h1-16,19-20,29H,17-18,21-24H2,(H,38,42)(H,39,43). The van der Waals surface area contributed by atoms with Crippen molar-refractivity contribution in [2.24, 2.45) is 0 Å². The van der Waals surface area contributed by atoms with Crippen LogP contribution in [0.15, 0.2) is 107 Å². The molecule has 0 aliphatic carbocycles. The minimum Gasteiger partial charge on any atom is -0.484 e. The number of anilines is 2. The highest BCUT2D eigenvalue weighted by molar-refractivity contribution is 8.00. The molecular weight excluding hydrogens is 688 g/mol. The Morgan fingerprint density at radius 2 is 1.08 bits per heavy atom. The number of aldehydes is 2. The Hall–Kier alpha value is -4.78. The predicted molar refractivity (Wildman–Crippen MR) is 191 cm³/mol. The molecule has 0 heterocycles. The summed E-state index contributed by atoms with van der Waals surface area (Å²) in [5, 5.41) is 5.72. The highest BCUT2D eigenvalue weighted by atomic mass is 35.5. The van der Waals surface area contributed by atoms with Crippen LogP contribution >= 0.6 is 35.1 Å². The van der Waals surface area contributed by atoms with Gasteiger partial charge in [-0.1, -0.05) is 24.3 Å². The van der Waals surface area contributed by atoms with Gasteiger partial charge in [0, 0.05) is 38.3 Å². The van der Waals surface area contributed by atoms with Gasteiger partial charge in [-0.15, -0.1) is 35.1 Å². The van der Waals surface area contributed by atoms with Gasteiger partial charge in [-0.25, -0.2) is 0 Å². The normalized spacial score (nSPS) is 10.6. The van der Waals surface area contributed by atoms with Gasteiger partial charge in [0.25, 0.3) is 11.8 Å². The van der Waals surface area contributed by atoms with Crippen LogP contribution in [0.3, 0.4) is 0 Å². The molecule has 254 valence electrons. The maximum atomic E-state index is 12.7. The smallest absolute Gasteiger partial charge is 0.307 e. The number of halogens is 1. The molecule has 0 atom stereocenters. The summed E-state index contributed by atoms with van der Waals surface area (Å²) in [6, 6.07) is 27.4. The van der Waals surface area contributed by atoms with Crippen molar-refractivity contribution < 1.29 is 38.2 Å². The first-order chi connectivity index (χ1) is 23.9. The summed E-state index contributed by atoms with van der Waals surface area (Å²) in [5.41, 5.74) is 2.16. The van der Waals surface area contributed by atoms with Crippen LogP contribution in [0.5, 0.6) is 11.5 Å². The van der Waals surface area contributed by atoms with E-state index in [0.717, 1.165) is 22.4 Å². The highest BCUT2D eigenvalue weighted by Gasteiger charge is 2.19. The topological polar surface area (TPSA) is 137 Å². The van der Waals surface area contributed by atoms with E-state index in [1.165, 1.54) is 23.5 Å². The van der Waals surface area contributed by atoms with E-state index in [0.29, 0.717) is 45.5 Å². The molecule has 0 radical (unpaired) electrons. The van der Waals surface area contributed by atoms with Crippen molar-refractivity contribution >= 4 is 76.9 Å². The molecule has 4 aromatic rings. The predicted octanol–water partition coefficient (Wildman–Crippen LogP) is 6.77. The molecule has 0 aromatic heterocycles. The van der Waals surface area contributed by atoms with Gasteiger partial charge in [0.15, 0.2) is 13.2 Å². The third-order valence-electron chi connectivity index (χ3n) is 6.54. The van der Waals surface area contributed by atoms with Crippen molar-refractivity contribution in [1.29, 1.82) is 0 Å². The van der Waals surface area contributed by atoms with Gasteiger partial charge in [-0.3, -0.25) is 24.0 Å². The number of benzene rings is 4. The van der Waals surface area contributed by atoms with Crippen molar-refractivity contribution in [3.05, 3.63) is 108 Å². The first kappa shape index (κ1) is 37.0. The fourth-order valence-electron chi connectivity index (χ4n) is 4.15. The number of alkyl halides is 1. The molecule has 4 aromatic carbocycles. The molecule has 0 bridgehead atoms. The zero-order valence-corrected chi connectivity index (χ0v) is 28.6. The highest BCUT2D eigenvalue weighted by Crippen LogP contribution is 2.32. The number of carbonyl (C=O) groups excluding carboxylic acids is 5. The Balaban J connectivity index is 1.34. The minimum atomic E-state index is -0.534. The number of ether oxygens (including phenoxy) is 3. The van der Waals surface area contributed by atoms with E-state index in [4.69, 9.17) is 25.8 Å². The van der Waals surface area contributed by atoms with Crippen LogP contribution in [0.2, 0.25) is 0 Å². The monoisotopic (exact) mass is 720 g/mol. The van der Waals surface area contributed by atoms with Crippen molar-refractivity contribution in [1.82, 2.24) is 0 Å². The summed E-state index contributed by atoms with van der Waals surface area (Å²) in [6.07, 6.45) is 0.978. The van der Waals surface area contributed by atoms with Gasteiger partial charge in [-0.2, -0.15) is 0 Å². The number of amides is 2. The second-order valence-corrected chi connectivity index (χ2v) is 12.7. The lowest BCUT2D eigenvalue weighted by Crippen LogP contribution is -2.24. The van der Waals surface area contributed by atoms with E-state index < -0.39 is 12.1 Å². The van der Waals surface area contributed by atoms with Crippen molar-refractivity contribution in [3.63, 3.8) is 0 Å². The van der Waals surface area contributed by atoms with Crippen molar-refractivity contribution in [3.8, 4) is 11.5 Å². The number of esters is 1. The summed E-state index contributed by atoms with van der Waals surface area (Å²) in [5.74, 6) is 0.625. The third-order valence-corrected chi connectivity index (χ3v) is 9.14. The molecule has 49 heavy (non-hydrogen) atoms. The number of hydrogen-bond acceptors (Lipinski definition) is 10. The van der Waals surface area contributed by atoms with Gasteiger partial charge in [0.05, 0.1) is 17.8 Å². The molecule has 2 amide bonds. The number of para-hydroxylation sites is 2. The maximum absolute atomic E-state index is 12.7. The molecule has 0 saturated carbocycles. The van der Waals surface area contributed by atoms with Crippen molar-refractivity contribution in [2.45, 2.75) is 22.3 Å². The van der Waals surface area contributed by atoms with E-state index in [1.807, 2.05) is 24.3 Å². The fraction of sp³-hybridized carbons (Fsp3) is 0.194. The molecule has 13 heteroatoms. The lowest BCUT2D eigenvalue weighted by molar-refractivity contribution is -0.146. The number of rotatable bonds is 19. The van der Waals surface area contributed by atoms with Crippen molar-refractivity contribution in [2.75, 3.05) is 41.2 Å². The van der Waals surface area contributed by atoms with Crippen LogP contribution in [0.25, 0.3) is 0 Å². The van der Waals surface area contributed by atoms with Gasteiger partial charge in [0.2, 0.25) is 0 Å². The fourth-order valence-corrected chi connectivity index (χ4v) is 6.46. The zero-order valence-electron chi connectivity index (χ0n) is 26.2.